The first-order chi connectivity index (χ1) is 11.5. The van der Waals surface area contributed by atoms with E-state index < -0.39 is 0 Å². The fraction of sp³-hybridized carbons (Fsp3) is 0.750. The second-order valence-electron chi connectivity index (χ2n) is 6.69. The number of aromatic nitrogens is 3. The van der Waals surface area contributed by atoms with Gasteiger partial charge < -0.3 is 10.6 Å². The zero-order valence-electron chi connectivity index (χ0n) is 14.8. The van der Waals surface area contributed by atoms with Crippen LogP contribution in [0.1, 0.15) is 51.3 Å². The number of aryl methyl sites for hydroxylation is 1. The minimum Gasteiger partial charge on any atom is -0.356 e. The highest BCUT2D eigenvalue weighted by Gasteiger charge is 2.21. The average Bonchev–Trinajstić information content (AvgIpc) is 2.88. The number of anilines is 1. The predicted molar refractivity (Wildman–Crippen MR) is 91.6 cm³/mol. The summed E-state index contributed by atoms with van der Waals surface area (Å²) in [6.07, 6.45) is 2.72. The first-order valence-electron chi connectivity index (χ1n) is 8.64. The molecule has 2 amide bonds. The summed E-state index contributed by atoms with van der Waals surface area (Å²) in [6, 6.07) is 0. The first-order valence-corrected chi connectivity index (χ1v) is 8.64. The van der Waals surface area contributed by atoms with Crippen molar-refractivity contribution >= 4 is 17.8 Å². The number of nitrogens with one attached hydrogen (secondary N) is 3. The molecule has 0 bridgehead atoms. The molecule has 2 heterocycles. The van der Waals surface area contributed by atoms with Gasteiger partial charge in [-0.2, -0.15) is 10.1 Å². The number of carbonyl (C=O) groups is 2. The van der Waals surface area contributed by atoms with Crippen LogP contribution in [-0.4, -0.2) is 46.2 Å². The van der Waals surface area contributed by atoms with E-state index in [4.69, 9.17) is 0 Å². The van der Waals surface area contributed by atoms with Gasteiger partial charge in [-0.25, -0.2) is 4.68 Å². The van der Waals surface area contributed by atoms with Gasteiger partial charge in [0, 0.05) is 32.4 Å². The Morgan fingerprint density at radius 3 is 2.67 bits per heavy atom. The monoisotopic (exact) mass is 336 g/mol. The van der Waals surface area contributed by atoms with Gasteiger partial charge in [0.15, 0.2) is 5.82 Å². The van der Waals surface area contributed by atoms with E-state index in [0.29, 0.717) is 30.7 Å². The van der Waals surface area contributed by atoms with Crippen LogP contribution in [0, 0.1) is 5.92 Å². The van der Waals surface area contributed by atoms with E-state index >= 15 is 0 Å². The van der Waals surface area contributed by atoms with Crippen molar-refractivity contribution in [3.05, 3.63) is 5.82 Å². The number of rotatable bonds is 7. The van der Waals surface area contributed by atoms with Gasteiger partial charge in [0.25, 0.3) is 0 Å². The van der Waals surface area contributed by atoms with Crippen LogP contribution >= 0.6 is 0 Å². The Bertz CT molecular complexity index is 563. The third kappa shape index (κ3) is 5.59. The molecule has 3 N–H and O–H groups in total. The molecule has 0 saturated carbocycles. The molecule has 1 aliphatic heterocycles. The Morgan fingerprint density at radius 1 is 1.29 bits per heavy atom. The van der Waals surface area contributed by atoms with Gasteiger partial charge in [-0.3, -0.25) is 14.9 Å². The summed E-state index contributed by atoms with van der Waals surface area (Å²) in [5, 5.41) is 13.3. The molecule has 0 aromatic carbocycles. The molecule has 0 unspecified atom stereocenters. The molecule has 24 heavy (non-hydrogen) atoms. The van der Waals surface area contributed by atoms with Crippen LogP contribution in [-0.2, 0) is 16.6 Å². The second kappa shape index (κ2) is 8.77. The van der Waals surface area contributed by atoms with Crippen molar-refractivity contribution in [2.24, 2.45) is 13.0 Å². The van der Waals surface area contributed by atoms with Crippen molar-refractivity contribution in [3.63, 3.8) is 0 Å². The van der Waals surface area contributed by atoms with E-state index in [0.717, 1.165) is 31.8 Å². The number of carbonyl (C=O) groups excluding carboxylic acids is 2. The molecule has 1 aromatic heterocycles. The normalized spacial score (nSPS) is 15.5. The van der Waals surface area contributed by atoms with Crippen LogP contribution in [0.3, 0.4) is 0 Å². The Hall–Kier alpha value is -1.96. The van der Waals surface area contributed by atoms with Crippen molar-refractivity contribution in [3.8, 4) is 0 Å². The topological polar surface area (TPSA) is 101 Å². The fourth-order valence-corrected chi connectivity index (χ4v) is 2.71. The molecule has 1 aromatic rings. The van der Waals surface area contributed by atoms with E-state index in [-0.39, 0.29) is 18.2 Å². The highest BCUT2D eigenvalue weighted by molar-refractivity contribution is 5.89. The van der Waals surface area contributed by atoms with Crippen LogP contribution in [0.2, 0.25) is 0 Å². The highest BCUT2D eigenvalue weighted by Crippen LogP contribution is 2.23. The summed E-state index contributed by atoms with van der Waals surface area (Å²) in [5.41, 5.74) is 0. The van der Waals surface area contributed by atoms with Crippen molar-refractivity contribution in [2.75, 3.05) is 25.0 Å². The van der Waals surface area contributed by atoms with Gasteiger partial charge in [-0.05, 0) is 31.8 Å². The number of hydrogen-bond donors (Lipinski definition) is 3. The molecule has 0 spiro atoms. The number of nitrogens with zero attached hydrogens (tertiary/aromatic N) is 3. The predicted octanol–water partition coefficient (Wildman–Crippen LogP) is 0.773. The summed E-state index contributed by atoms with van der Waals surface area (Å²) in [6.45, 7) is 6.25. The Kier molecular flexibility index (Phi) is 6.72. The third-order valence-corrected chi connectivity index (χ3v) is 4.00. The summed E-state index contributed by atoms with van der Waals surface area (Å²) in [5.74, 6) is 1.71. The van der Waals surface area contributed by atoms with Gasteiger partial charge in [-0.15, -0.1) is 0 Å². The maximum Gasteiger partial charge on any atom is 0.228 e. The largest absolute Gasteiger partial charge is 0.356 e. The molecule has 0 aliphatic carbocycles. The molecule has 1 saturated heterocycles. The molecule has 0 radical (unpaired) electrons. The maximum absolute atomic E-state index is 12.0. The molecule has 8 nitrogen and oxygen atoms in total. The lowest BCUT2D eigenvalue weighted by Crippen LogP contribution is -2.28. The summed E-state index contributed by atoms with van der Waals surface area (Å²) in [7, 11) is 1.78. The van der Waals surface area contributed by atoms with E-state index in [9.17, 15) is 9.59 Å². The SMILES string of the molecule is CC(C)CC(=O)NCCC(=O)Nc1nc(C2CCNCC2)nn1C. The Morgan fingerprint density at radius 2 is 2.00 bits per heavy atom. The molecule has 134 valence electrons. The minimum atomic E-state index is -0.174. The lowest BCUT2D eigenvalue weighted by atomic mass is 9.98. The van der Waals surface area contributed by atoms with Crippen LogP contribution in [0.15, 0.2) is 0 Å². The van der Waals surface area contributed by atoms with Gasteiger partial charge in [-0.1, -0.05) is 13.8 Å². The lowest BCUT2D eigenvalue weighted by Gasteiger charge is -2.19. The quantitative estimate of drug-likeness (QED) is 0.683. The smallest absolute Gasteiger partial charge is 0.228 e. The lowest BCUT2D eigenvalue weighted by molar-refractivity contribution is -0.122. The maximum atomic E-state index is 12.0. The molecule has 1 aliphatic rings. The van der Waals surface area contributed by atoms with Crippen LogP contribution in [0.5, 0.6) is 0 Å². The number of amides is 2. The summed E-state index contributed by atoms with van der Waals surface area (Å²) < 4.78 is 1.60. The van der Waals surface area contributed by atoms with Crippen LogP contribution < -0.4 is 16.0 Å². The summed E-state index contributed by atoms with van der Waals surface area (Å²) >= 11 is 0. The third-order valence-electron chi connectivity index (χ3n) is 4.00. The van der Waals surface area contributed by atoms with Gasteiger partial charge >= 0.3 is 0 Å². The van der Waals surface area contributed by atoms with Crippen molar-refractivity contribution < 1.29 is 9.59 Å². The van der Waals surface area contributed by atoms with Crippen molar-refractivity contribution in [2.45, 2.75) is 45.4 Å². The molecule has 2 rings (SSSR count). The molecular formula is C16H28N6O2. The molecular weight excluding hydrogens is 308 g/mol. The van der Waals surface area contributed by atoms with Crippen LogP contribution in [0.25, 0.3) is 0 Å². The van der Waals surface area contributed by atoms with Gasteiger partial charge in [0.05, 0.1) is 0 Å². The highest BCUT2D eigenvalue weighted by atomic mass is 16.2. The molecule has 0 atom stereocenters. The fourth-order valence-electron chi connectivity index (χ4n) is 2.71. The zero-order chi connectivity index (χ0) is 17.5. The molecule has 8 heteroatoms. The van der Waals surface area contributed by atoms with Crippen LogP contribution in [0.4, 0.5) is 5.95 Å². The average molecular weight is 336 g/mol. The standard InChI is InChI=1S/C16H28N6O2/c1-11(2)10-14(24)18-9-6-13(23)19-16-20-15(21-22(16)3)12-4-7-17-8-5-12/h11-12,17H,4-10H2,1-3H3,(H,18,24)(H,19,20,21,23). The Labute approximate surface area is 142 Å². The van der Waals surface area contributed by atoms with E-state index in [1.807, 2.05) is 13.8 Å². The Balaban J connectivity index is 1.79. The van der Waals surface area contributed by atoms with Crippen molar-refractivity contribution in [1.29, 1.82) is 0 Å². The van der Waals surface area contributed by atoms with E-state index in [2.05, 4.69) is 26.0 Å². The first kappa shape index (κ1) is 18.4. The summed E-state index contributed by atoms with van der Waals surface area (Å²) in [4.78, 5) is 28.0. The second-order valence-corrected chi connectivity index (χ2v) is 6.69. The van der Waals surface area contributed by atoms with E-state index in [1.165, 1.54) is 0 Å². The molecule has 1 fully saturated rings. The van der Waals surface area contributed by atoms with Crippen molar-refractivity contribution in [1.82, 2.24) is 25.4 Å². The van der Waals surface area contributed by atoms with Gasteiger partial charge in [0.2, 0.25) is 17.8 Å². The minimum absolute atomic E-state index is 0.0235. The zero-order valence-corrected chi connectivity index (χ0v) is 14.8. The van der Waals surface area contributed by atoms with Gasteiger partial charge in [0.1, 0.15) is 0 Å². The van der Waals surface area contributed by atoms with E-state index in [1.54, 1.807) is 11.7 Å². The number of piperidine rings is 1. The number of hydrogen-bond acceptors (Lipinski definition) is 5.